The van der Waals surface area contributed by atoms with Gasteiger partial charge >= 0.3 is 0 Å². The van der Waals surface area contributed by atoms with Crippen LogP contribution in [0.5, 0.6) is 0 Å². The third kappa shape index (κ3) is 2.55. The molecular weight excluding hydrogens is 204 g/mol. The van der Waals surface area contributed by atoms with Crippen molar-refractivity contribution in [1.82, 2.24) is 4.90 Å². The molecule has 0 aromatic rings. The SMILES string of the molecule is NCCC1CCCCN1C(=O)C1CCCO1. The van der Waals surface area contributed by atoms with Crippen LogP contribution in [0.1, 0.15) is 38.5 Å². The van der Waals surface area contributed by atoms with Gasteiger partial charge in [-0.25, -0.2) is 0 Å². The number of carbonyl (C=O) groups excluding carboxylic acids is 1. The molecule has 2 N–H and O–H groups in total. The minimum atomic E-state index is -0.168. The van der Waals surface area contributed by atoms with E-state index in [4.69, 9.17) is 10.5 Å². The van der Waals surface area contributed by atoms with Crippen molar-refractivity contribution in [2.24, 2.45) is 5.73 Å². The molecule has 2 saturated heterocycles. The van der Waals surface area contributed by atoms with E-state index in [1.165, 1.54) is 6.42 Å². The average Bonchev–Trinajstić information content (AvgIpc) is 2.83. The quantitative estimate of drug-likeness (QED) is 0.777. The summed E-state index contributed by atoms with van der Waals surface area (Å²) in [4.78, 5) is 14.3. The number of amides is 1. The fraction of sp³-hybridized carbons (Fsp3) is 0.917. The lowest BCUT2D eigenvalue weighted by atomic mass is 9.98. The van der Waals surface area contributed by atoms with Gasteiger partial charge in [0.25, 0.3) is 5.91 Å². The van der Waals surface area contributed by atoms with Gasteiger partial charge in [-0.15, -0.1) is 0 Å². The van der Waals surface area contributed by atoms with Gasteiger partial charge in [0.15, 0.2) is 0 Å². The first-order valence-electron chi connectivity index (χ1n) is 6.45. The van der Waals surface area contributed by atoms with Crippen LogP contribution in [0.2, 0.25) is 0 Å². The maximum atomic E-state index is 12.2. The molecule has 2 atom stereocenters. The van der Waals surface area contributed by atoms with Crippen molar-refractivity contribution in [1.29, 1.82) is 0 Å². The van der Waals surface area contributed by atoms with Crippen molar-refractivity contribution in [3.05, 3.63) is 0 Å². The first kappa shape index (κ1) is 11.9. The first-order valence-corrected chi connectivity index (χ1v) is 6.45. The van der Waals surface area contributed by atoms with Gasteiger partial charge in [0.05, 0.1) is 0 Å². The van der Waals surface area contributed by atoms with Gasteiger partial charge in [0.2, 0.25) is 0 Å². The summed E-state index contributed by atoms with van der Waals surface area (Å²) >= 11 is 0. The zero-order valence-electron chi connectivity index (χ0n) is 9.86. The summed E-state index contributed by atoms with van der Waals surface area (Å²) in [6, 6.07) is 0.357. The molecule has 2 heterocycles. The molecule has 0 aromatic carbocycles. The highest BCUT2D eigenvalue weighted by atomic mass is 16.5. The fourth-order valence-corrected chi connectivity index (χ4v) is 2.74. The third-order valence-corrected chi connectivity index (χ3v) is 3.62. The molecule has 4 nitrogen and oxygen atoms in total. The molecule has 92 valence electrons. The predicted molar refractivity (Wildman–Crippen MR) is 62.0 cm³/mol. The lowest BCUT2D eigenvalue weighted by Gasteiger charge is -2.37. The van der Waals surface area contributed by atoms with Crippen molar-refractivity contribution in [3.63, 3.8) is 0 Å². The van der Waals surface area contributed by atoms with E-state index in [0.29, 0.717) is 12.6 Å². The zero-order valence-corrected chi connectivity index (χ0v) is 9.86. The second-order valence-corrected chi connectivity index (χ2v) is 4.76. The summed E-state index contributed by atoms with van der Waals surface area (Å²) in [7, 11) is 0. The molecule has 0 radical (unpaired) electrons. The second kappa shape index (κ2) is 5.64. The van der Waals surface area contributed by atoms with Crippen LogP contribution in [0.3, 0.4) is 0 Å². The van der Waals surface area contributed by atoms with Crippen molar-refractivity contribution in [2.75, 3.05) is 19.7 Å². The van der Waals surface area contributed by atoms with Crippen molar-refractivity contribution in [3.8, 4) is 0 Å². The number of nitrogens with two attached hydrogens (primary N) is 1. The molecule has 2 unspecified atom stereocenters. The Labute approximate surface area is 97.1 Å². The van der Waals surface area contributed by atoms with Gasteiger partial charge in [0, 0.05) is 19.2 Å². The van der Waals surface area contributed by atoms with Crippen LogP contribution >= 0.6 is 0 Å². The molecule has 2 fully saturated rings. The Balaban J connectivity index is 1.95. The monoisotopic (exact) mass is 226 g/mol. The third-order valence-electron chi connectivity index (χ3n) is 3.62. The average molecular weight is 226 g/mol. The molecule has 1 amide bonds. The van der Waals surface area contributed by atoms with Crippen molar-refractivity contribution >= 4 is 5.91 Å². The van der Waals surface area contributed by atoms with Gasteiger partial charge in [-0.05, 0) is 45.1 Å². The Morgan fingerprint density at radius 1 is 1.31 bits per heavy atom. The number of ether oxygens (including phenoxy) is 1. The molecule has 0 aliphatic carbocycles. The van der Waals surface area contributed by atoms with Crippen molar-refractivity contribution in [2.45, 2.75) is 50.7 Å². The Morgan fingerprint density at radius 3 is 2.88 bits per heavy atom. The molecule has 2 aliphatic heterocycles. The maximum absolute atomic E-state index is 12.2. The predicted octanol–water partition coefficient (Wildman–Crippen LogP) is 0.895. The van der Waals surface area contributed by atoms with E-state index >= 15 is 0 Å². The summed E-state index contributed by atoms with van der Waals surface area (Å²) in [5.41, 5.74) is 5.61. The topological polar surface area (TPSA) is 55.6 Å². The number of nitrogens with zero attached hydrogens (tertiary/aromatic N) is 1. The van der Waals surface area contributed by atoms with Crippen LogP contribution in [0.4, 0.5) is 0 Å². The van der Waals surface area contributed by atoms with E-state index < -0.39 is 0 Å². The van der Waals surface area contributed by atoms with E-state index in [-0.39, 0.29) is 12.0 Å². The minimum Gasteiger partial charge on any atom is -0.368 e. The first-order chi connectivity index (χ1) is 7.83. The van der Waals surface area contributed by atoms with Crippen molar-refractivity contribution < 1.29 is 9.53 Å². The highest BCUT2D eigenvalue weighted by Gasteiger charge is 2.33. The van der Waals surface area contributed by atoms with Gasteiger partial charge in [-0.3, -0.25) is 4.79 Å². The highest BCUT2D eigenvalue weighted by molar-refractivity contribution is 5.81. The van der Waals surface area contributed by atoms with E-state index in [1.807, 2.05) is 4.90 Å². The molecular formula is C12H22N2O2. The lowest BCUT2D eigenvalue weighted by molar-refractivity contribution is -0.144. The molecule has 2 aliphatic rings. The van der Waals surface area contributed by atoms with Crippen LogP contribution < -0.4 is 5.73 Å². The standard InChI is InChI=1S/C12H22N2O2/c13-7-6-10-4-1-2-8-14(10)12(15)11-5-3-9-16-11/h10-11H,1-9,13H2. The van der Waals surface area contributed by atoms with E-state index in [0.717, 1.165) is 45.3 Å². The number of piperidine rings is 1. The molecule has 0 bridgehead atoms. The van der Waals surface area contributed by atoms with Crippen LogP contribution in [-0.4, -0.2) is 42.6 Å². The Kier molecular flexibility index (Phi) is 4.18. The number of hydrogen-bond donors (Lipinski definition) is 1. The minimum absolute atomic E-state index is 0.168. The summed E-state index contributed by atoms with van der Waals surface area (Å²) in [6.07, 6.45) is 6.13. The normalized spacial score (nSPS) is 30.7. The molecule has 4 heteroatoms. The van der Waals surface area contributed by atoms with Crippen LogP contribution in [0, 0.1) is 0 Å². The van der Waals surface area contributed by atoms with E-state index in [9.17, 15) is 4.79 Å². The van der Waals surface area contributed by atoms with E-state index in [1.54, 1.807) is 0 Å². The molecule has 0 saturated carbocycles. The molecule has 0 spiro atoms. The fourth-order valence-electron chi connectivity index (χ4n) is 2.74. The van der Waals surface area contributed by atoms with Gasteiger partial charge in [0.1, 0.15) is 6.10 Å². The number of likely N-dealkylation sites (tertiary alicyclic amines) is 1. The summed E-state index contributed by atoms with van der Waals surface area (Å²) in [5, 5.41) is 0. The summed E-state index contributed by atoms with van der Waals surface area (Å²) < 4.78 is 5.47. The molecule has 16 heavy (non-hydrogen) atoms. The molecule has 2 rings (SSSR count). The van der Waals surface area contributed by atoms with Crippen LogP contribution in [-0.2, 0) is 9.53 Å². The number of rotatable bonds is 3. The van der Waals surface area contributed by atoms with Gasteiger partial charge in [-0.2, -0.15) is 0 Å². The Hall–Kier alpha value is -0.610. The Bertz CT molecular complexity index is 237. The summed E-state index contributed by atoms with van der Waals surface area (Å²) in [6.45, 7) is 2.30. The number of carbonyl (C=O) groups is 1. The molecule has 0 aromatic heterocycles. The van der Waals surface area contributed by atoms with Gasteiger partial charge < -0.3 is 15.4 Å². The van der Waals surface area contributed by atoms with Gasteiger partial charge in [-0.1, -0.05) is 0 Å². The van der Waals surface area contributed by atoms with E-state index in [2.05, 4.69) is 0 Å². The Morgan fingerprint density at radius 2 is 2.19 bits per heavy atom. The second-order valence-electron chi connectivity index (χ2n) is 4.76. The summed E-state index contributed by atoms with van der Waals surface area (Å²) in [5.74, 6) is 0.204. The maximum Gasteiger partial charge on any atom is 0.251 e. The lowest BCUT2D eigenvalue weighted by Crippen LogP contribution is -2.48. The highest BCUT2D eigenvalue weighted by Crippen LogP contribution is 2.23. The smallest absolute Gasteiger partial charge is 0.251 e. The largest absolute Gasteiger partial charge is 0.368 e. The number of hydrogen-bond acceptors (Lipinski definition) is 3. The zero-order chi connectivity index (χ0) is 11.4. The van der Waals surface area contributed by atoms with Crippen LogP contribution in [0.15, 0.2) is 0 Å². The van der Waals surface area contributed by atoms with Crippen LogP contribution in [0.25, 0.3) is 0 Å².